The average Bonchev–Trinajstić information content (AvgIpc) is 3.23. The Labute approximate surface area is 168 Å². The molecule has 0 radical (unpaired) electrons. The summed E-state index contributed by atoms with van der Waals surface area (Å²) in [5.41, 5.74) is 2.03. The fourth-order valence-electron chi connectivity index (χ4n) is 4.28. The minimum absolute atomic E-state index is 0.0546. The highest BCUT2D eigenvalue weighted by molar-refractivity contribution is 5.95. The third-order valence-electron chi connectivity index (χ3n) is 5.83. The maximum atomic E-state index is 13.2. The number of carbonyl (C=O) groups is 2. The van der Waals surface area contributed by atoms with Crippen LogP contribution in [0.5, 0.6) is 0 Å². The van der Waals surface area contributed by atoms with Crippen molar-refractivity contribution in [2.75, 3.05) is 38.0 Å². The molecule has 1 saturated heterocycles. The number of carbonyl (C=O) groups excluding carboxylic acids is 2. The zero-order valence-corrected chi connectivity index (χ0v) is 16.8. The molecule has 152 valence electrons. The first kappa shape index (κ1) is 20.4. The number of aryl methyl sites for hydroxylation is 1. The lowest BCUT2D eigenvalue weighted by molar-refractivity contribution is -0.123. The maximum absolute atomic E-state index is 13.2. The molecule has 0 spiro atoms. The summed E-state index contributed by atoms with van der Waals surface area (Å²) in [6.07, 6.45) is 6.28. The van der Waals surface area contributed by atoms with Crippen LogP contribution in [-0.2, 0) is 4.79 Å². The van der Waals surface area contributed by atoms with Gasteiger partial charge < -0.3 is 15.5 Å². The van der Waals surface area contributed by atoms with Crippen molar-refractivity contribution in [2.24, 2.45) is 5.92 Å². The summed E-state index contributed by atoms with van der Waals surface area (Å²) in [5.74, 6) is 0.479. The minimum atomic E-state index is -0.123. The van der Waals surface area contributed by atoms with Crippen LogP contribution >= 0.6 is 0 Å². The van der Waals surface area contributed by atoms with Crippen LogP contribution in [0.4, 0.5) is 10.5 Å². The van der Waals surface area contributed by atoms with Crippen LogP contribution < -0.4 is 10.6 Å². The fourth-order valence-corrected chi connectivity index (χ4v) is 4.28. The Kier molecular flexibility index (Phi) is 7.09. The van der Waals surface area contributed by atoms with Gasteiger partial charge in [-0.05, 0) is 37.8 Å². The van der Waals surface area contributed by atoms with Crippen molar-refractivity contribution in [3.8, 4) is 0 Å². The number of hydrogen-bond acceptors (Lipinski definition) is 3. The second-order valence-corrected chi connectivity index (χ2v) is 7.84. The van der Waals surface area contributed by atoms with Crippen molar-refractivity contribution in [3.05, 3.63) is 42.5 Å². The van der Waals surface area contributed by atoms with Crippen molar-refractivity contribution >= 4 is 17.6 Å². The Morgan fingerprint density at radius 1 is 1.14 bits per heavy atom. The van der Waals surface area contributed by atoms with E-state index in [4.69, 9.17) is 0 Å². The van der Waals surface area contributed by atoms with Crippen molar-refractivity contribution in [3.63, 3.8) is 0 Å². The monoisotopic (exact) mass is 384 g/mol. The summed E-state index contributed by atoms with van der Waals surface area (Å²) in [4.78, 5) is 29.4. The van der Waals surface area contributed by atoms with Gasteiger partial charge in [0, 0.05) is 38.4 Å². The first-order valence-corrected chi connectivity index (χ1v) is 10.3. The van der Waals surface area contributed by atoms with Crippen LogP contribution in [-0.4, -0.2) is 60.5 Å². The number of benzene rings is 1. The van der Waals surface area contributed by atoms with Gasteiger partial charge in [-0.15, -0.1) is 6.58 Å². The van der Waals surface area contributed by atoms with Gasteiger partial charge in [-0.25, -0.2) is 4.79 Å². The molecule has 3 amide bonds. The molecule has 0 bridgehead atoms. The van der Waals surface area contributed by atoms with Gasteiger partial charge in [0.15, 0.2) is 0 Å². The van der Waals surface area contributed by atoms with E-state index in [1.807, 2.05) is 36.1 Å². The van der Waals surface area contributed by atoms with Gasteiger partial charge in [0.2, 0.25) is 5.91 Å². The molecule has 2 N–H and O–H groups in total. The summed E-state index contributed by atoms with van der Waals surface area (Å²) in [5, 5.41) is 5.95. The Balaban J connectivity index is 1.63. The molecule has 1 heterocycles. The number of nitrogens with one attached hydrogen (secondary N) is 2. The number of amides is 3. The minimum Gasteiger partial charge on any atom is -0.335 e. The third-order valence-corrected chi connectivity index (χ3v) is 5.83. The molecule has 1 atom stereocenters. The number of urea groups is 1. The van der Waals surface area contributed by atoms with Crippen LogP contribution in [0.2, 0.25) is 0 Å². The van der Waals surface area contributed by atoms with E-state index >= 15 is 0 Å². The lowest BCUT2D eigenvalue weighted by atomic mass is 9.95. The standard InChI is InChI=1S/C22H32N4O2/c1-3-12-23-22(28)26-15-13-25(14-16-26)20(18-6-4-5-7-18)21(27)24-19-10-8-17(2)9-11-19/h3,8-11,18,20H,1,4-7,12-16H2,2H3,(H,23,28)(H,24,27). The second-order valence-electron chi connectivity index (χ2n) is 7.84. The topological polar surface area (TPSA) is 64.7 Å². The van der Waals surface area contributed by atoms with Crippen molar-refractivity contribution in [1.29, 1.82) is 0 Å². The van der Waals surface area contributed by atoms with E-state index in [9.17, 15) is 9.59 Å². The van der Waals surface area contributed by atoms with Gasteiger partial charge in [-0.2, -0.15) is 0 Å². The fraction of sp³-hybridized carbons (Fsp3) is 0.545. The van der Waals surface area contributed by atoms with Crippen molar-refractivity contribution in [2.45, 2.75) is 38.6 Å². The van der Waals surface area contributed by atoms with E-state index in [0.717, 1.165) is 31.6 Å². The van der Waals surface area contributed by atoms with Crippen molar-refractivity contribution < 1.29 is 9.59 Å². The zero-order chi connectivity index (χ0) is 19.9. The predicted octanol–water partition coefficient (Wildman–Crippen LogP) is 3.01. The summed E-state index contributed by atoms with van der Waals surface area (Å²) < 4.78 is 0. The van der Waals surface area contributed by atoms with Crippen LogP contribution in [0.1, 0.15) is 31.2 Å². The summed E-state index contributed by atoms with van der Waals surface area (Å²) >= 11 is 0. The zero-order valence-electron chi connectivity index (χ0n) is 16.8. The molecule has 0 aromatic heterocycles. The van der Waals surface area contributed by atoms with Gasteiger partial charge in [0.05, 0.1) is 6.04 Å². The van der Waals surface area contributed by atoms with E-state index < -0.39 is 0 Å². The molecule has 1 aromatic rings. The Morgan fingerprint density at radius 3 is 2.39 bits per heavy atom. The Bertz CT molecular complexity index is 674. The van der Waals surface area contributed by atoms with Crippen LogP contribution in [0.25, 0.3) is 0 Å². The van der Waals surface area contributed by atoms with E-state index in [0.29, 0.717) is 25.6 Å². The highest BCUT2D eigenvalue weighted by Crippen LogP contribution is 2.31. The molecule has 6 heteroatoms. The Hall–Kier alpha value is -2.34. The number of hydrogen-bond donors (Lipinski definition) is 2. The first-order valence-electron chi connectivity index (χ1n) is 10.3. The molecule has 2 fully saturated rings. The van der Waals surface area contributed by atoms with Gasteiger partial charge in [0.1, 0.15) is 0 Å². The molecule has 1 aliphatic carbocycles. The average molecular weight is 385 g/mol. The summed E-state index contributed by atoms with van der Waals surface area (Å²) in [6.45, 7) is 8.88. The number of nitrogens with zero attached hydrogens (tertiary/aromatic N) is 2. The van der Waals surface area contributed by atoms with E-state index in [1.54, 1.807) is 6.08 Å². The molecule has 2 aliphatic rings. The largest absolute Gasteiger partial charge is 0.335 e. The summed E-state index contributed by atoms with van der Waals surface area (Å²) in [6, 6.07) is 7.77. The molecule has 1 aromatic carbocycles. The van der Waals surface area contributed by atoms with Gasteiger partial charge in [-0.3, -0.25) is 9.69 Å². The molecular formula is C22H32N4O2. The number of piperazine rings is 1. The van der Waals surface area contributed by atoms with E-state index in [-0.39, 0.29) is 18.0 Å². The number of anilines is 1. The molecule has 28 heavy (non-hydrogen) atoms. The van der Waals surface area contributed by atoms with Crippen LogP contribution in [0.3, 0.4) is 0 Å². The smallest absolute Gasteiger partial charge is 0.317 e. The van der Waals surface area contributed by atoms with E-state index in [1.165, 1.54) is 18.4 Å². The highest BCUT2D eigenvalue weighted by atomic mass is 16.2. The maximum Gasteiger partial charge on any atom is 0.317 e. The predicted molar refractivity (Wildman–Crippen MR) is 112 cm³/mol. The van der Waals surface area contributed by atoms with Crippen LogP contribution in [0, 0.1) is 12.8 Å². The quantitative estimate of drug-likeness (QED) is 0.741. The molecular weight excluding hydrogens is 352 g/mol. The molecule has 6 nitrogen and oxygen atoms in total. The molecule has 1 saturated carbocycles. The van der Waals surface area contributed by atoms with E-state index in [2.05, 4.69) is 22.1 Å². The molecule has 3 rings (SSSR count). The lowest BCUT2D eigenvalue weighted by Crippen LogP contribution is -2.58. The van der Waals surface area contributed by atoms with Gasteiger partial charge in [-0.1, -0.05) is 36.6 Å². The number of rotatable bonds is 6. The van der Waals surface area contributed by atoms with Gasteiger partial charge in [0.25, 0.3) is 0 Å². The summed E-state index contributed by atoms with van der Waals surface area (Å²) in [7, 11) is 0. The van der Waals surface area contributed by atoms with Crippen molar-refractivity contribution in [1.82, 2.24) is 15.1 Å². The van der Waals surface area contributed by atoms with Gasteiger partial charge >= 0.3 is 6.03 Å². The lowest BCUT2D eigenvalue weighted by Gasteiger charge is -2.40. The highest BCUT2D eigenvalue weighted by Gasteiger charge is 2.37. The van der Waals surface area contributed by atoms with Crippen LogP contribution in [0.15, 0.2) is 36.9 Å². The molecule has 1 unspecified atom stereocenters. The first-order chi connectivity index (χ1) is 13.6. The Morgan fingerprint density at radius 2 is 1.79 bits per heavy atom. The normalized spacial score (nSPS) is 19.2. The third kappa shape index (κ3) is 5.13. The second kappa shape index (κ2) is 9.73. The molecule has 1 aliphatic heterocycles. The SMILES string of the molecule is C=CCNC(=O)N1CCN(C(C(=O)Nc2ccc(C)cc2)C2CCCC2)CC1.